The van der Waals surface area contributed by atoms with Crippen LogP contribution >= 0.6 is 0 Å². The van der Waals surface area contributed by atoms with Crippen LogP contribution in [0.1, 0.15) is 22.6 Å². The number of aromatic nitrogens is 4. The second-order valence-electron chi connectivity index (χ2n) is 8.98. The normalized spacial score (nSPS) is 18.2. The van der Waals surface area contributed by atoms with E-state index in [1.54, 1.807) is 18.3 Å². The number of piperazine rings is 1. The second kappa shape index (κ2) is 9.21. The maximum Gasteiger partial charge on any atom is 0.300 e. The van der Waals surface area contributed by atoms with Crippen molar-refractivity contribution in [2.45, 2.75) is 19.4 Å². The summed E-state index contributed by atoms with van der Waals surface area (Å²) in [5.74, 6) is 0.416. The SMILES string of the molecule is Cc1cc(-c2nc(C(=O)Nc3cc4oc(N5CCNCC5)nc4nc3N3CC[C@@H](O)C3)co2)ccn1. The van der Waals surface area contributed by atoms with Crippen molar-refractivity contribution >= 4 is 34.7 Å². The summed E-state index contributed by atoms with van der Waals surface area (Å²) in [6, 6.07) is 5.84. The standard InChI is InChI=1S/C24H26N8O4/c1-14-10-15(2-4-26-14)23-28-18(13-35-23)22(34)27-17-11-19-20(29-21(17)32-7-3-16(33)12-32)30-24(36-19)31-8-5-25-6-9-31/h2,4,10-11,13,16,25,33H,3,5-9,12H2,1H3,(H,27,34)/t16-/m1/s1. The Hall–Kier alpha value is -4.03. The van der Waals surface area contributed by atoms with Crippen molar-refractivity contribution in [3.8, 4) is 11.5 Å². The molecule has 6 heterocycles. The maximum atomic E-state index is 13.1. The summed E-state index contributed by atoms with van der Waals surface area (Å²) in [5.41, 5.74) is 3.06. The minimum atomic E-state index is -0.457. The Morgan fingerprint density at radius 1 is 1.17 bits per heavy atom. The summed E-state index contributed by atoms with van der Waals surface area (Å²) in [7, 11) is 0. The number of carbonyl (C=O) groups is 1. The molecule has 12 nitrogen and oxygen atoms in total. The third-order valence-electron chi connectivity index (χ3n) is 6.33. The monoisotopic (exact) mass is 490 g/mol. The van der Waals surface area contributed by atoms with Gasteiger partial charge in [0.1, 0.15) is 6.26 Å². The van der Waals surface area contributed by atoms with Crippen LogP contribution in [-0.2, 0) is 0 Å². The summed E-state index contributed by atoms with van der Waals surface area (Å²) < 4.78 is 11.6. The van der Waals surface area contributed by atoms with Gasteiger partial charge in [0.25, 0.3) is 11.9 Å². The van der Waals surface area contributed by atoms with Crippen molar-refractivity contribution in [3.05, 3.63) is 42.0 Å². The average Bonchev–Trinajstić information content (AvgIpc) is 3.63. The number of aryl methyl sites for hydroxylation is 1. The van der Waals surface area contributed by atoms with E-state index in [1.165, 1.54) is 6.26 Å². The molecule has 4 aromatic heterocycles. The molecule has 2 saturated heterocycles. The summed E-state index contributed by atoms with van der Waals surface area (Å²) in [6.07, 6.45) is 3.15. The highest BCUT2D eigenvalue weighted by Crippen LogP contribution is 2.33. The number of nitrogens with one attached hydrogen (secondary N) is 2. The average molecular weight is 491 g/mol. The Kier molecular flexibility index (Phi) is 5.74. The first kappa shape index (κ1) is 22.4. The van der Waals surface area contributed by atoms with Gasteiger partial charge in [-0.1, -0.05) is 0 Å². The molecule has 1 atom stereocenters. The molecular weight excluding hydrogens is 464 g/mol. The fourth-order valence-electron chi connectivity index (χ4n) is 4.48. The van der Waals surface area contributed by atoms with Gasteiger partial charge in [0.2, 0.25) is 11.5 Å². The van der Waals surface area contributed by atoms with E-state index in [2.05, 4.69) is 30.5 Å². The number of amides is 1. The third-order valence-corrected chi connectivity index (χ3v) is 6.33. The molecule has 6 rings (SSSR count). The second-order valence-corrected chi connectivity index (χ2v) is 8.98. The summed E-state index contributed by atoms with van der Waals surface area (Å²) >= 11 is 0. The molecule has 0 bridgehead atoms. The number of aliphatic hydroxyl groups excluding tert-OH is 1. The molecule has 0 aromatic carbocycles. The van der Waals surface area contributed by atoms with E-state index in [1.807, 2.05) is 17.9 Å². The van der Waals surface area contributed by atoms with Crippen LogP contribution in [0.5, 0.6) is 0 Å². The van der Waals surface area contributed by atoms with E-state index in [4.69, 9.17) is 13.8 Å². The lowest BCUT2D eigenvalue weighted by Gasteiger charge is -2.25. The lowest BCUT2D eigenvalue weighted by molar-refractivity contribution is 0.102. The Labute approximate surface area is 206 Å². The van der Waals surface area contributed by atoms with E-state index in [0.717, 1.165) is 37.4 Å². The molecule has 0 radical (unpaired) electrons. The molecule has 12 heteroatoms. The Balaban J connectivity index is 1.31. The minimum absolute atomic E-state index is 0.131. The van der Waals surface area contributed by atoms with Crippen LogP contribution in [0.3, 0.4) is 0 Å². The molecule has 0 spiro atoms. The predicted octanol–water partition coefficient (Wildman–Crippen LogP) is 1.81. The van der Waals surface area contributed by atoms with E-state index >= 15 is 0 Å². The molecule has 0 aliphatic carbocycles. The number of hydrogen-bond acceptors (Lipinski definition) is 11. The lowest BCUT2D eigenvalue weighted by atomic mass is 10.2. The Bertz CT molecular complexity index is 1410. The first-order valence-electron chi connectivity index (χ1n) is 11.9. The quantitative estimate of drug-likeness (QED) is 0.376. The van der Waals surface area contributed by atoms with Gasteiger partial charge in [-0.15, -0.1) is 0 Å². The van der Waals surface area contributed by atoms with Crippen LogP contribution in [0.25, 0.3) is 22.7 Å². The maximum absolute atomic E-state index is 13.1. The minimum Gasteiger partial charge on any atom is -0.444 e. The number of nitrogens with zero attached hydrogens (tertiary/aromatic N) is 6. The zero-order chi connectivity index (χ0) is 24.6. The van der Waals surface area contributed by atoms with Crippen molar-refractivity contribution in [3.63, 3.8) is 0 Å². The van der Waals surface area contributed by atoms with Crippen molar-refractivity contribution in [1.29, 1.82) is 0 Å². The highest BCUT2D eigenvalue weighted by Gasteiger charge is 2.27. The fraction of sp³-hybridized carbons (Fsp3) is 0.375. The van der Waals surface area contributed by atoms with Crippen LogP contribution in [0.2, 0.25) is 0 Å². The smallest absolute Gasteiger partial charge is 0.300 e. The molecule has 2 fully saturated rings. The van der Waals surface area contributed by atoms with E-state index in [9.17, 15) is 9.90 Å². The summed E-state index contributed by atoms with van der Waals surface area (Å²) in [4.78, 5) is 35.0. The third kappa shape index (κ3) is 4.36. The Morgan fingerprint density at radius 3 is 2.81 bits per heavy atom. The first-order chi connectivity index (χ1) is 17.5. The van der Waals surface area contributed by atoms with Crippen LogP contribution in [0.4, 0.5) is 17.5 Å². The van der Waals surface area contributed by atoms with E-state index < -0.39 is 12.0 Å². The molecule has 2 aliphatic heterocycles. The zero-order valence-electron chi connectivity index (χ0n) is 19.8. The van der Waals surface area contributed by atoms with Gasteiger partial charge in [0.15, 0.2) is 17.1 Å². The van der Waals surface area contributed by atoms with Gasteiger partial charge < -0.3 is 34.4 Å². The van der Waals surface area contributed by atoms with Crippen molar-refractivity contribution in [1.82, 2.24) is 25.3 Å². The number of carbonyl (C=O) groups excluding carboxylic acids is 1. The van der Waals surface area contributed by atoms with Gasteiger partial charge >= 0.3 is 0 Å². The molecule has 4 aromatic rings. The lowest BCUT2D eigenvalue weighted by Crippen LogP contribution is -2.43. The molecule has 0 unspecified atom stereocenters. The molecule has 0 saturated carbocycles. The number of fused-ring (bicyclic) bond motifs is 1. The van der Waals surface area contributed by atoms with Crippen LogP contribution in [-0.4, -0.2) is 76.3 Å². The summed E-state index contributed by atoms with van der Waals surface area (Å²) in [6.45, 7) is 6.17. The van der Waals surface area contributed by atoms with Gasteiger partial charge in [-0.25, -0.2) is 9.97 Å². The molecule has 3 N–H and O–H groups in total. The molecule has 1 amide bonds. The first-order valence-corrected chi connectivity index (χ1v) is 11.9. The number of pyridine rings is 2. The number of hydrogen-bond donors (Lipinski definition) is 3. The van der Waals surface area contributed by atoms with E-state index in [-0.39, 0.29) is 5.69 Å². The van der Waals surface area contributed by atoms with Crippen LogP contribution < -0.4 is 20.4 Å². The number of anilines is 3. The Morgan fingerprint density at radius 2 is 2.03 bits per heavy atom. The van der Waals surface area contributed by atoms with Gasteiger partial charge in [-0.3, -0.25) is 9.78 Å². The zero-order valence-corrected chi connectivity index (χ0v) is 19.8. The van der Waals surface area contributed by atoms with Gasteiger partial charge in [-0.05, 0) is 25.5 Å². The molecular formula is C24H26N8O4. The number of oxazole rings is 2. The van der Waals surface area contributed by atoms with Gasteiger partial charge in [-0.2, -0.15) is 4.98 Å². The highest BCUT2D eigenvalue weighted by molar-refractivity contribution is 6.05. The van der Waals surface area contributed by atoms with Gasteiger partial charge in [0.05, 0.1) is 11.8 Å². The van der Waals surface area contributed by atoms with Crippen molar-refractivity contribution in [2.75, 3.05) is 54.4 Å². The number of rotatable bonds is 5. The van der Waals surface area contributed by atoms with Crippen LogP contribution in [0, 0.1) is 6.92 Å². The largest absolute Gasteiger partial charge is 0.444 e. The number of β-amino-alcohol motifs (C(OH)–C–C–N with tert-alkyl or cyclic N) is 1. The predicted molar refractivity (Wildman–Crippen MR) is 132 cm³/mol. The molecule has 186 valence electrons. The number of aliphatic hydroxyl groups is 1. The summed E-state index contributed by atoms with van der Waals surface area (Å²) in [5, 5.41) is 16.3. The van der Waals surface area contributed by atoms with Crippen LogP contribution in [0.15, 0.2) is 39.5 Å². The van der Waals surface area contributed by atoms with Crippen molar-refractivity contribution < 1.29 is 18.7 Å². The molecule has 2 aliphatic rings. The fourth-order valence-corrected chi connectivity index (χ4v) is 4.48. The van der Waals surface area contributed by atoms with Crippen molar-refractivity contribution in [2.24, 2.45) is 0 Å². The van der Waals surface area contributed by atoms with E-state index in [0.29, 0.717) is 54.2 Å². The highest BCUT2D eigenvalue weighted by atomic mass is 16.4. The molecule has 36 heavy (non-hydrogen) atoms. The van der Waals surface area contributed by atoms with Gasteiger partial charge in [0, 0.05) is 62.8 Å². The topological polar surface area (TPSA) is 146 Å².